The first-order valence-electron chi connectivity index (χ1n) is 5.72. The van der Waals surface area contributed by atoms with Crippen molar-refractivity contribution in [1.82, 2.24) is 20.2 Å². The topological polar surface area (TPSA) is 82.9 Å². The molecule has 1 aromatic carbocycles. The summed E-state index contributed by atoms with van der Waals surface area (Å²) < 4.78 is 1.52. The number of fused-ring (bicyclic) bond motifs is 1. The van der Waals surface area contributed by atoms with Crippen molar-refractivity contribution in [1.29, 1.82) is 0 Å². The molecule has 0 atom stereocenters. The Morgan fingerprint density at radius 2 is 2.15 bits per heavy atom. The zero-order valence-electron chi connectivity index (χ0n) is 10.1. The Hall–Kier alpha value is -2.44. The lowest BCUT2D eigenvalue weighted by atomic mass is 10.2. The molecular weight excluding hydrogens is 280 g/mol. The van der Waals surface area contributed by atoms with Crippen molar-refractivity contribution in [2.24, 2.45) is 0 Å². The predicted molar refractivity (Wildman–Crippen MR) is 74.7 cm³/mol. The van der Waals surface area contributed by atoms with Gasteiger partial charge in [-0.05, 0) is 30.3 Å². The van der Waals surface area contributed by atoms with Crippen molar-refractivity contribution in [3.8, 4) is 5.69 Å². The maximum absolute atomic E-state index is 11.2. The average molecular weight is 288 g/mol. The first kappa shape index (κ1) is 12.6. The Kier molecular flexibility index (Phi) is 3.09. The summed E-state index contributed by atoms with van der Waals surface area (Å²) in [7, 11) is 0. The van der Waals surface area contributed by atoms with Gasteiger partial charge < -0.3 is 10.7 Å². The highest BCUT2D eigenvalue weighted by Gasteiger charge is 2.09. The second-order valence-corrected chi connectivity index (χ2v) is 4.50. The van der Waals surface area contributed by atoms with Crippen molar-refractivity contribution >= 4 is 28.4 Å². The lowest BCUT2D eigenvalue weighted by Crippen LogP contribution is -2.16. The SMILES string of the molecule is O=C(N[O-])c1ccn(-c2ccnc3cc(Cl)ccc23)n1. The molecule has 0 aliphatic heterocycles. The number of hydroxylamine groups is 1. The maximum Gasteiger partial charge on any atom is 0.261 e. The van der Waals surface area contributed by atoms with Crippen molar-refractivity contribution < 1.29 is 4.79 Å². The molecule has 0 spiro atoms. The third-order valence-electron chi connectivity index (χ3n) is 2.84. The molecule has 6 nitrogen and oxygen atoms in total. The van der Waals surface area contributed by atoms with Gasteiger partial charge in [0.1, 0.15) is 5.69 Å². The molecule has 1 amide bonds. The second-order valence-electron chi connectivity index (χ2n) is 4.07. The number of pyridine rings is 1. The lowest BCUT2D eigenvalue weighted by Gasteiger charge is -2.07. The number of carbonyl (C=O) groups is 1. The van der Waals surface area contributed by atoms with E-state index in [0.717, 1.165) is 16.6 Å². The fourth-order valence-electron chi connectivity index (χ4n) is 1.94. The standard InChI is InChI=1S/C13H8ClN4O2/c14-8-1-2-9-11(7-8)15-5-3-12(9)18-6-4-10(16-18)13(19)17-20/h1-7H,(H-,16,17,19,20)/q-1. The summed E-state index contributed by atoms with van der Waals surface area (Å²) in [5, 5.41) is 15.9. The number of amides is 1. The summed E-state index contributed by atoms with van der Waals surface area (Å²) in [5.41, 5.74) is 2.82. The highest BCUT2D eigenvalue weighted by atomic mass is 35.5. The van der Waals surface area contributed by atoms with Crippen molar-refractivity contribution in [3.63, 3.8) is 0 Å². The summed E-state index contributed by atoms with van der Waals surface area (Å²) >= 11 is 5.93. The summed E-state index contributed by atoms with van der Waals surface area (Å²) in [6.45, 7) is 0. The number of aromatic nitrogens is 3. The molecule has 0 radical (unpaired) electrons. The monoisotopic (exact) mass is 287 g/mol. The molecule has 0 saturated carbocycles. The molecule has 2 heterocycles. The minimum absolute atomic E-state index is 0.0546. The summed E-state index contributed by atoms with van der Waals surface area (Å²) in [4.78, 5) is 15.5. The smallest absolute Gasteiger partial charge is 0.261 e. The predicted octanol–water partition coefficient (Wildman–Crippen LogP) is 2.30. The molecule has 0 saturated heterocycles. The highest BCUT2D eigenvalue weighted by Crippen LogP contribution is 2.23. The van der Waals surface area contributed by atoms with E-state index in [-0.39, 0.29) is 5.69 Å². The minimum atomic E-state index is -0.773. The number of nitrogens with zero attached hydrogens (tertiary/aromatic N) is 3. The first-order valence-corrected chi connectivity index (χ1v) is 6.09. The quantitative estimate of drug-likeness (QED) is 0.733. The lowest BCUT2D eigenvalue weighted by molar-refractivity contribution is 0.0965. The third kappa shape index (κ3) is 2.11. The Balaban J connectivity index is 2.14. The van der Waals surface area contributed by atoms with Crippen LogP contribution in [0.5, 0.6) is 0 Å². The number of benzene rings is 1. The van der Waals surface area contributed by atoms with Crippen LogP contribution in [0.3, 0.4) is 0 Å². The summed E-state index contributed by atoms with van der Waals surface area (Å²) in [6.07, 6.45) is 3.23. The highest BCUT2D eigenvalue weighted by molar-refractivity contribution is 6.31. The Morgan fingerprint density at radius 1 is 1.30 bits per heavy atom. The van der Waals surface area contributed by atoms with Crippen LogP contribution in [-0.2, 0) is 0 Å². The Labute approximate surface area is 118 Å². The fraction of sp³-hybridized carbons (Fsp3) is 0. The van der Waals surface area contributed by atoms with Gasteiger partial charge in [-0.25, -0.2) is 4.68 Å². The van der Waals surface area contributed by atoms with Gasteiger partial charge in [0.2, 0.25) is 0 Å². The van der Waals surface area contributed by atoms with Crippen LogP contribution in [0.4, 0.5) is 0 Å². The van der Waals surface area contributed by atoms with E-state index in [4.69, 9.17) is 11.6 Å². The molecule has 2 aromatic heterocycles. The molecule has 0 aliphatic carbocycles. The van der Waals surface area contributed by atoms with Gasteiger partial charge in [-0.1, -0.05) is 11.6 Å². The van der Waals surface area contributed by atoms with Crippen molar-refractivity contribution in [2.45, 2.75) is 0 Å². The van der Waals surface area contributed by atoms with E-state index in [2.05, 4.69) is 10.1 Å². The zero-order chi connectivity index (χ0) is 14.1. The number of hydrogen-bond donors (Lipinski definition) is 1. The minimum Gasteiger partial charge on any atom is -0.759 e. The summed E-state index contributed by atoms with van der Waals surface area (Å²) in [6, 6.07) is 8.56. The number of rotatable bonds is 2. The van der Waals surface area contributed by atoms with Crippen molar-refractivity contribution in [2.75, 3.05) is 0 Å². The van der Waals surface area contributed by atoms with Crippen LogP contribution >= 0.6 is 11.6 Å². The molecule has 7 heteroatoms. The molecule has 20 heavy (non-hydrogen) atoms. The normalized spacial score (nSPS) is 10.7. The molecule has 100 valence electrons. The zero-order valence-corrected chi connectivity index (χ0v) is 10.8. The van der Waals surface area contributed by atoms with Gasteiger partial charge in [-0.2, -0.15) is 5.10 Å². The first-order chi connectivity index (χ1) is 9.69. The maximum atomic E-state index is 11.2. The molecule has 0 bridgehead atoms. The Morgan fingerprint density at radius 3 is 2.95 bits per heavy atom. The van der Waals surface area contributed by atoms with E-state index in [1.54, 1.807) is 30.6 Å². The molecular formula is C13H8ClN4O2-. The van der Waals surface area contributed by atoms with Crippen LogP contribution in [-0.4, -0.2) is 20.7 Å². The van der Waals surface area contributed by atoms with Crippen LogP contribution < -0.4 is 5.48 Å². The van der Waals surface area contributed by atoms with Crippen molar-refractivity contribution in [3.05, 3.63) is 58.6 Å². The summed E-state index contributed by atoms with van der Waals surface area (Å²) in [5.74, 6) is -0.773. The molecule has 3 aromatic rings. The largest absolute Gasteiger partial charge is 0.759 e. The molecule has 0 unspecified atom stereocenters. The van der Waals surface area contributed by atoms with Gasteiger partial charge in [0.15, 0.2) is 0 Å². The van der Waals surface area contributed by atoms with E-state index in [1.807, 2.05) is 6.07 Å². The van der Waals surface area contributed by atoms with E-state index < -0.39 is 5.91 Å². The van der Waals surface area contributed by atoms with Crippen LogP contribution in [0.1, 0.15) is 10.5 Å². The van der Waals surface area contributed by atoms with E-state index in [0.29, 0.717) is 5.02 Å². The number of halogens is 1. The Bertz CT molecular complexity index is 800. The number of nitrogens with one attached hydrogen (secondary N) is 1. The number of carbonyl (C=O) groups excluding carboxylic acids is 1. The molecule has 1 N–H and O–H groups in total. The van der Waals surface area contributed by atoms with Crippen LogP contribution in [0, 0.1) is 5.21 Å². The number of hydrogen-bond acceptors (Lipinski definition) is 4. The van der Waals surface area contributed by atoms with Crippen LogP contribution in [0.15, 0.2) is 42.7 Å². The molecule has 0 aliphatic rings. The average Bonchev–Trinajstić information content (AvgIpc) is 2.95. The van der Waals surface area contributed by atoms with Gasteiger partial charge in [-0.3, -0.25) is 9.78 Å². The van der Waals surface area contributed by atoms with Gasteiger partial charge >= 0.3 is 0 Å². The van der Waals surface area contributed by atoms with Gasteiger partial charge in [0, 0.05) is 22.8 Å². The van der Waals surface area contributed by atoms with Crippen LogP contribution in [0.25, 0.3) is 16.6 Å². The molecule has 0 fully saturated rings. The van der Waals surface area contributed by atoms with Gasteiger partial charge in [-0.15, -0.1) is 0 Å². The fourth-order valence-corrected chi connectivity index (χ4v) is 2.10. The van der Waals surface area contributed by atoms with Crippen LogP contribution in [0.2, 0.25) is 5.02 Å². The third-order valence-corrected chi connectivity index (χ3v) is 3.08. The van der Waals surface area contributed by atoms with E-state index >= 15 is 0 Å². The van der Waals surface area contributed by atoms with Gasteiger partial charge in [0.05, 0.1) is 11.2 Å². The molecule has 3 rings (SSSR count). The van der Waals surface area contributed by atoms with Gasteiger partial charge in [0.25, 0.3) is 5.91 Å². The van der Waals surface area contributed by atoms with E-state index in [1.165, 1.54) is 16.2 Å². The van der Waals surface area contributed by atoms with E-state index in [9.17, 15) is 10.0 Å². The second kappa shape index (κ2) is 4.92.